The highest BCUT2D eigenvalue weighted by Crippen LogP contribution is 2.32. The first-order valence-corrected chi connectivity index (χ1v) is 7.38. The Labute approximate surface area is 134 Å². The summed E-state index contributed by atoms with van der Waals surface area (Å²) >= 11 is 0. The lowest BCUT2D eigenvalue weighted by Gasteiger charge is -2.26. The minimum absolute atomic E-state index is 0.0253. The van der Waals surface area contributed by atoms with Gasteiger partial charge in [0.25, 0.3) is 11.8 Å². The van der Waals surface area contributed by atoms with E-state index in [2.05, 4.69) is 5.32 Å². The van der Waals surface area contributed by atoms with Gasteiger partial charge in [-0.25, -0.2) is 0 Å². The van der Waals surface area contributed by atoms with Crippen LogP contribution in [0.15, 0.2) is 36.4 Å². The molecule has 2 aromatic rings. The van der Waals surface area contributed by atoms with Gasteiger partial charge < -0.3 is 15.0 Å². The number of benzene rings is 2. The van der Waals surface area contributed by atoms with Gasteiger partial charge in [0.05, 0.1) is 5.69 Å². The molecule has 0 bridgehead atoms. The van der Waals surface area contributed by atoms with Crippen molar-refractivity contribution in [3.8, 4) is 5.75 Å². The standard InChI is InChI=1S/C18H18N2O3/c1-11-5-4-6-14(12(11)2)19-18(22)13-7-8-16-15(9-13)20(3)17(21)10-23-16/h4-9H,10H2,1-3H3,(H,19,22). The summed E-state index contributed by atoms with van der Waals surface area (Å²) in [6.45, 7) is 4.00. The molecule has 0 fully saturated rings. The molecule has 0 radical (unpaired) electrons. The minimum atomic E-state index is -0.215. The third-order valence-corrected chi connectivity index (χ3v) is 4.16. The molecule has 0 aromatic heterocycles. The predicted molar refractivity (Wildman–Crippen MR) is 89.2 cm³/mol. The number of rotatable bonds is 2. The smallest absolute Gasteiger partial charge is 0.264 e. The van der Waals surface area contributed by atoms with Crippen LogP contribution in [-0.2, 0) is 4.79 Å². The normalized spacial score (nSPS) is 13.3. The summed E-state index contributed by atoms with van der Waals surface area (Å²) < 4.78 is 5.37. The number of nitrogens with one attached hydrogen (secondary N) is 1. The molecule has 0 atom stereocenters. The fraction of sp³-hybridized carbons (Fsp3) is 0.222. The molecule has 2 amide bonds. The summed E-state index contributed by atoms with van der Waals surface area (Å²) in [5.74, 6) is 0.257. The van der Waals surface area contributed by atoms with Crippen molar-refractivity contribution in [2.24, 2.45) is 0 Å². The maximum Gasteiger partial charge on any atom is 0.264 e. The van der Waals surface area contributed by atoms with Gasteiger partial charge in [-0.1, -0.05) is 12.1 Å². The maximum absolute atomic E-state index is 12.5. The van der Waals surface area contributed by atoms with Crippen molar-refractivity contribution in [1.29, 1.82) is 0 Å². The number of ether oxygens (including phenoxy) is 1. The van der Waals surface area contributed by atoms with Gasteiger partial charge in [-0.05, 0) is 49.2 Å². The van der Waals surface area contributed by atoms with Crippen LogP contribution in [0.3, 0.4) is 0 Å². The first kappa shape index (κ1) is 15.1. The number of carbonyl (C=O) groups excluding carboxylic acids is 2. The van der Waals surface area contributed by atoms with Crippen LogP contribution in [0.25, 0.3) is 0 Å². The lowest BCUT2D eigenvalue weighted by Crippen LogP contribution is -2.35. The Hall–Kier alpha value is -2.82. The molecule has 0 aliphatic carbocycles. The van der Waals surface area contributed by atoms with E-state index in [1.165, 1.54) is 4.90 Å². The van der Waals surface area contributed by atoms with Crippen molar-refractivity contribution in [3.63, 3.8) is 0 Å². The van der Waals surface area contributed by atoms with E-state index in [0.717, 1.165) is 16.8 Å². The third-order valence-electron chi connectivity index (χ3n) is 4.16. The van der Waals surface area contributed by atoms with Crippen LogP contribution in [0.1, 0.15) is 21.5 Å². The highest BCUT2D eigenvalue weighted by molar-refractivity contribution is 6.06. The van der Waals surface area contributed by atoms with Crippen molar-refractivity contribution < 1.29 is 14.3 Å². The van der Waals surface area contributed by atoms with Gasteiger partial charge in [0.1, 0.15) is 5.75 Å². The van der Waals surface area contributed by atoms with Crippen molar-refractivity contribution in [3.05, 3.63) is 53.1 Å². The van der Waals surface area contributed by atoms with Crippen LogP contribution in [0.4, 0.5) is 11.4 Å². The SMILES string of the molecule is Cc1cccc(NC(=O)c2ccc3c(c2)N(C)C(=O)CO3)c1C. The van der Waals surface area contributed by atoms with Gasteiger partial charge in [0, 0.05) is 18.3 Å². The minimum Gasteiger partial charge on any atom is -0.482 e. The molecule has 5 heteroatoms. The summed E-state index contributed by atoms with van der Waals surface area (Å²) in [4.78, 5) is 25.7. The molecule has 0 spiro atoms. The predicted octanol–water partition coefficient (Wildman–Crippen LogP) is 2.91. The van der Waals surface area contributed by atoms with E-state index in [1.54, 1.807) is 25.2 Å². The monoisotopic (exact) mass is 310 g/mol. The van der Waals surface area contributed by atoms with Gasteiger partial charge in [-0.3, -0.25) is 9.59 Å². The fourth-order valence-electron chi connectivity index (χ4n) is 2.49. The molecule has 1 heterocycles. The van der Waals surface area contributed by atoms with Crippen LogP contribution >= 0.6 is 0 Å². The van der Waals surface area contributed by atoms with Gasteiger partial charge in [-0.2, -0.15) is 0 Å². The van der Waals surface area contributed by atoms with E-state index >= 15 is 0 Å². The number of aryl methyl sites for hydroxylation is 1. The Bertz CT molecular complexity index is 799. The van der Waals surface area contributed by atoms with E-state index < -0.39 is 0 Å². The Morgan fingerprint density at radius 2 is 2.00 bits per heavy atom. The third kappa shape index (κ3) is 2.77. The molecule has 1 N–H and O–H groups in total. The highest BCUT2D eigenvalue weighted by Gasteiger charge is 2.23. The van der Waals surface area contributed by atoms with E-state index in [0.29, 0.717) is 17.0 Å². The van der Waals surface area contributed by atoms with Crippen molar-refractivity contribution in [2.75, 3.05) is 23.9 Å². The molecule has 2 aromatic carbocycles. The molecular weight excluding hydrogens is 292 g/mol. The second kappa shape index (κ2) is 5.76. The van der Waals surface area contributed by atoms with Crippen molar-refractivity contribution >= 4 is 23.2 Å². The number of hydrogen-bond acceptors (Lipinski definition) is 3. The number of amides is 2. The molecule has 5 nitrogen and oxygen atoms in total. The maximum atomic E-state index is 12.5. The quantitative estimate of drug-likeness (QED) is 0.928. The van der Waals surface area contributed by atoms with Gasteiger partial charge in [0.2, 0.25) is 0 Å². The fourth-order valence-corrected chi connectivity index (χ4v) is 2.49. The van der Waals surface area contributed by atoms with Gasteiger partial charge in [0.15, 0.2) is 6.61 Å². The van der Waals surface area contributed by atoms with E-state index in [9.17, 15) is 9.59 Å². The summed E-state index contributed by atoms with van der Waals surface area (Å²) in [6.07, 6.45) is 0. The molecule has 118 valence electrons. The summed E-state index contributed by atoms with van der Waals surface area (Å²) in [6, 6.07) is 10.9. The number of hydrogen-bond donors (Lipinski definition) is 1. The van der Waals surface area contributed by atoms with Crippen LogP contribution in [0.2, 0.25) is 0 Å². The zero-order chi connectivity index (χ0) is 16.6. The van der Waals surface area contributed by atoms with Crippen LogP contribution in [0, 0.1) is 13.8 Å². The number of nitrogens with zero attached hydrogens (tertiary/aromatic N) is 1. The molecule has 23 heavy (non-hydrogen) atoms. The second-order valence-electron chi connectivity index (χ2n) is 5.63. The number of anilines is 2. The first-order valence-electron chi connectivity index (χ1n) is 7.38. The number of carbonyl (C=O) groups is 2. The zero-order valence-electron chi connectivity index (χ0n) is 13.3. The average molecular weight is 310 g/mol. The topological polar surface area (TPSA) is 58.6 Å². The van der Waals surface area contributed by atoms with E-state index in [1.807, 2.05) is 32.0 Å². The number of fused-ring (bicyclic) bond motifs is 1. The second-order valence-corrected chi connectivity index (χ2v) is 5.63. The lowest BCUT2D eigenvalue weighted by molar-refractivity contribution is -0.120. The average Bonchev–Trinajstić information content (AvgIpc) is 2.55. The largest absolute Gasteiger partial charge is 0.482 e. The summed E-state index contributed by atoms with van der Waals surface area (Å²) in [7, 11) is 1.68. The molecule has 0 saturated heterocycles. The molecule has 0 saturated carbocycles. The Morgan fingerprint density at radius 1 is 1.22 bits per heavy atom. The molecule has 0 unspecified atom stereocenters. The van der Waals surface area contributed by atoms with Gasteiger partial charge >= 0.3 is 0 Å². The Morgan fingerprint density at radius 3 is 2.78 bits per heavy atom. The molecule has 3 rings (SSSR count). The van der Waals surface area contributed by atoms with Crippen LogP contribution in [0.5, 0.6) is 5.75 Å². The zero-order valence-corrected chi connectivity index (χ0v) is 13.3. The summed E-state index contributed by atoms with van der Waals surface area (Å²) in [5, 5.41) is 2.92. The Kier molecular flexibility index (Phi) is 3.78. The van der Waals surface area contributed by atoms with Crippen LogP contribution < -0.4 is 15.0 Å². The molecular formula is C18H18N2O3. The molecule has 1 aliphatic rings. The number of likely N-dealkylation sites (N-methyl/N-ethyl adjacent to an activating group) is 1. The van der Waals surface area contributed by atoms with Gasteiger partial charge in [-0.15, -0.1) is 0 Å². The Balaban J connectivity index is 1.89. The molecule has 1 aliphatic heterocycles. The van der Waals surface area contributed by atoms with E-state index in [4.69, 9.17) is 4.74 Å². The lowest BCUT2D eigenvalue weighted by atomic mass is 10.1. The first-order chi connectivity index (χ1) is 11.0. The van der Waals surface area contributed by atoms with Crippen LogP contribution in [-0.4, -0.2) is 25.5 Å². The summed E-state index contributed by atoms with van der Waals surface area (Å²) in [5.41, 5.74) is 4.03. The van der Waals surface area contributed by atoms with Crippen molar-refractivity contribution in [1.82, 2.24) is 0 Å². The van der Waals surface area contributed by atoms with Crippen molar-refractivity contribution in [2.45, 2.75) is 13.8 Å². The van der Waals surface area contributed by atoms with E-state index in [-0.39, 0.29) is 18.4 Å². The highest BCUT2D eigenvalue weighted by atomic mass is 16.5.